The van der Waals surface area contributed by atoms with Crippen LogP contribution in [0.15, 0.2) is 57.9 Å². The number of rotatable bonds is 4. The highest BCUT2D eigenvalue weighted by Gasteiger charge is 2.36. The van der Waals surface area contributed by atoms with Gasteiger partial charge in [0.05, 0.1) is 4.91 Å². The maximum absolute atomic E-state index is 12.4. The van der Waals surface area contributed by atoms with Crippen molar-refractivity contribution in [1.29, 1.82) is 0 Å². The fraction of sp³-hybridized carbons (Fsp3) is 0.105. The van der Waals surface area contributed by atoms with E-state index < -0.39 is 17.1 Å². The van der Waals surface area contributed by atoms with Crippen LogP contribution in [0.4, 0.5) is 10.5 Å². The molecule has 0 aliphatic carbocycles. The highest BCUT2D eigenvalue weighted by Crippen LogP contribution is 2.32. The Balaban J connectivity index is 1.69. The van der Waals surface area contributed by atoms with Crippen LogP contribution >= 0.6 is 27.7 Å². The number of imide groups is 1. The standard InChI is InChI=1S/C19H15BrN2O3S/c1-12-9-14(20)7-8-15(12)21-17(23)11-22-18(24)16(26-19(22)25)10-13-5-3-2-4-6-13/h2-10H,11H2,1H3,(H,21,23)/b16-10+. The first kappa shape index (κ1) is 18.4. The minimum atomic E-state index is -0.452. The Morgan fingerprint density at radius 3 is 2.62 bits per heavy atom. The molecule has 5 nitrogen and oxygen atoms in total. The molecule has 0 atom stereocenters. The van der Waals surface area contributed by atoms with E-state index in [0.717, 1.165) is 32.3 Å². The summed E-state index contributed by atoms with van der Waals surface area (Å²) >= 11 is 4.21. The molecule has 0 radical (unpaired) electrons. The Bertz CT molecular complexity index is 912. The largest absolute Gasteiger partial charge is 0.324 e. The molecule has 2 aromatic carbocycles. The molecule has 132 valence electrons. The van der Waals surface area contributed by atoms with Crippen LogP contribution in [-0.2, 0) is 9.59 Å². The van der Waals surface area contributed by atoms with E-state index in [0.29, 0.717) is 10.6 Å². The Labute approximate surface area is 163 Å². The number of thioether (sulfide) groups is 1. The summed E-state index contributed by atoms with van der Waals surface area (Å²) in [5.74, 6) is -0.870. The van der Waals surface area contributed by atoms with E-state index in [-0.39, 0.29) is 6.54 Å². The van der Waals surface area contributed by atoms with Gasteiger partial charge < -0.3 is 5.32 Å². The van der Waals surface area contributed by atoms with E-state index >= 15 is 0 Å². The van der Waals surface area contributed by atoms with E-state index in [4.69, 9.17) is 0 Å². The second kappa shape index (κ2) is 7.88. The number of amides is 3. The number of aryl methyl sites for hydroxylation is 1. The van der Waals surface area contributed by atoms with Gasteiger partial charge in [-0.25, -0.2) is 0 Å². The van der Waals surface area contributed by atoms with Crippen molar-refractivity contribution in [2.75, 3.05) is 11.9 Å². The van der Waals surface area contributed by atoms with Crippen LogP contribution in [0, 0.1) is 6.92 Å². The van der Waals surface area contributed by atoms with Gasteiger partial charge in [0.15, 0.2) is 0 Å². The summed E-state index contributed by atoms with van der Waals surface area (Å²) < 4.78 is 0.907. The molecule has 7 heteroatoms. The SMILES string of the molecule is Cc1cc(Br)ccc1NC(=O)CN1C(=O)S/C(=C/c2ccccc2)C1=O. The van der Waals surface area contributed by atoms with Gasteiger partial charge in [-0.15, -0.1) is 0 Å². The number of carbonyl (C=O) groups is 3. The van der Waals surface area contributed by atoms with Crippen molar-refractivity contribution in [2.24, 2.45) is 0 Å². The lowest BCUT2D eigenvalue weighted by Crippen LogP contribution is -2.36. The molecule has 0 aromatic heterocycles. The van der Waals surface area contributed by atoms with Gasteiger partial charge in [0.1, 0.15) is 6.54 Å². The van der Waals surface area contributed by atoms with Gasteiger partial charge in [-0.1, -0.05) is 46.3 Å². The molecule has 1 N–H and O–H groups in total. The summed E-state index contributed by atoms with van der Waals surface area (Å²) in [5.41, 5.74) is 2.35. The number of halogens is 1. The molecule has 1 aliphatic rings. The first-order valence-electron chi connectivity index (χ1n) is 7.80. The zero-order valence-electron chi connectivity index (χ0n) is 13.9. The van der Waals surface area contributed by atoms with Gasteiger partial charge in [0.25, 0.3) is 11.1 Å². The van der Waals surface area contributed by atoms with Gasteiger partial charge >= 0.3 is 0 Å². The van der Waals surface area contributed by atoms with E-state index in [2.05, 4.69) is 21.2 Å². The molecule has 3 rings (SSSR count). The van der Waals surface area contributed by atoms with Crippen LogP contribution in [0.1, 0.15) is 11.1 Å². The van der Waals surface area contributed by atoms with E-state index in [9.17, 15) is 14.4 Å². The summed E-state index contributed by atoms with van der Waals surface area (Å²) in [6.45, 7) is 1.55. The highest BCUT2D eigenvalue weighted by molar-refractivity contribution is 9.10. The fourth-order valence-corrected chi connectivity index (χ4v) is 3.75. The normalized spacial score (nSPS) is 15.6. The summed E-state index contributed by atoms with van der Waals surface area (Å²) in [4.78, 5) is 38.1. The third-order valence-electron chi connectivity index (χ3n) is 3.74. The lowest BCUT2D eigenvalue weighted by Gasteiger charge is -2.13. The van der Waals surface area contributed by atoms with Crippen molar-refractivity contribution >= 4 is 56.5 Å². The third-order valence-corrected chi connectivity index (χ3v) is 5.14. The van der Waals surface area contributed by atoms with Crippen LogP contribution in [-0.4, -0.2) is 28.5 Å². The predicted molar refractivity (Wildman–Crippen MR) is 107 cm³/mol. The van der Waals surface area contributed by atoms with Crippen LogP contribution in [0.2, 0.25) is 0 Å². The summed E-state index contributed by atoms with van der Waals surface area (Å²) in [5, 5.41) is 2.29. The van der Waals surface area contributed by atoms with Crippen LogP contribution < -0.4 is 5.32 Å². The molecule has 0 saturated carbocycles. The van der Waals surface area contributed by atoms with Gasteiger partial charge in [-0.3, -0.25) is 19.3 Å². The Morgan fingerprint density at radius 2 is 1.92 bits per heavy atom. The van der Waals surface area contributed by atoms with Gasteiger partial charge in [-0.2, -0.15) is 0 Å². The van der Waals surface area contributed by atoms with Crippen molar-refractivity contribution in [2.45, 2.75) is 6.92 Å². The van der Waals surface area contributed by atoms with Crippen molar-refractivity contribution in [3.63, 3.8) is 0 Å². The topological polar surface area (TPSA) is 66.5 Å². The monoisotopic (exact) mass is 430 g/mol. The average molecular weight is 431 g/mol. The molecule has 0 spiro atoms. The lowest BCUT2D eigenvalue weighted by molar-refractivity contribution is -0.127. The summed E-state index contributed by atoms with van der Waals surface area (Å²) in [6.07, 6.45) is 1.65. The number of benzene rings is 2. The summed E-state index contributed by atoms with van der Waals surface area (Å²) in [6, 6.07) is 14.7. The number of nitrogens with one attached hydrogen (secondary N) is 1. The van der Waals surface area contributed by atoms with E-state index in [1.54, 1.807) is 12.1 Å². The summed E-state index contributed by atoms with van der Waals surface area (Å²) in [7, 11) is 0. The maximum atomic E-state index is 12.4. The third kappa shape index (κ3) is 4.23. The highest BCUT2D eigenvalue weighted by atomic mass is 79.9. The molecule has 0 bridgehead atoms. The second-order valence-electron chi connectivity index (χ2n) is 5.69. The average Bonchev–Trinajstić information content (AvgIpc) is 2.86. The van der Waals surface area contributed by atoms with Gasteiger partial charge in [-0.05, 0) is 54.1 Å². The maximum Gasteiger partial charge on any atom is 0.294 e. The van der Waals surface area contributed by atoms with Crippen LogP contribution in [0.3, 0.4) is 0 Å². The lowest BCUT2D eigenvalue weighted by atomic mass is 10.2. The molecule has 1 fully saturated rings. The van der Waals surface area contributed by atoms with Gasteiger partial charge in [0, 0.05) is 10.2 Å². The van der Waals surface area contributed by atoms with Crippen LogP contribution in [0.5, 0.6) is 0 Å². The molecule has 0 unspecified atom stereocenters. The zero-order valence-corrected chi connectivity index (χ0v) is 16.3. The predicted octanol–water partition coefficient (Wildman–Crippen LogP) is 4.43. The molecule has 1 saturated heterocycles. The van der Waals surface area contributed by atoms with Crippen molar-refractivity contribution in [1.82, 2.24) is 4.90 Å². The molecule has 1 aliphatic heterocycles. The minimum absolute atomic E-state index is 0.313. The Kier molecular flexibility index (Phi) is 5.58. The number of anilines is 1. The molecule has 26 heavy (non-hydrogen) atoms. The quantitative estimate of drug-likeness (QED) is 0.728. The van der Waals surface area contributed by atoms with Crippen molar-refractivity contribution < 1.29 is 14.4 Å². The first-order chi connectivity index (χ1) is 12.4. The van der Waals surface area contributed by atoms with E-state index in [1.807, 2.05) is 49.4 Å². The zero-order chi connectivity index (χ0) is 18.7. The molecule has 3 amide bonds. The second-order valence-corrected chi connectivity index (χ2v) is 7.59. The van der Waals surface area contributed by atoms with Crippen molar-refractivity contribution in [3.05, 3.63) is 69.0 Å². The minimum Gasteiger partial charge on any atom is -0.324 e. The molecular weight excluding hydrogens is 416 g/mol. The van der Waals surface area contributed by atoms with Crippen molar-refractivity contribution in [3.8, 4) is 0 Å². The molecular formula is C19H15BrN2O3S. The number of hydrogen-bond acceptors (Lipinski definition) is 4. The van der Waals surface area contributed by atoms with Gasteiger partial charge in [0.2, 0.25) is 5.91 Å². The molecule has 2 aromatic rings. The number of nitrogens with zero attached hydrogens (tertiary/aromatic N) is 1. The van der Waals surface area contributed by atoms with E-state index in [1.165, 1.54) is 0 Å². The number of carbonyl (C=O) groups excluding carboxylic acids is 3. The molecule has 1 heterocycles. The fourth-order valence-electron chi connectivity index (χ4n) is 2.44. The Morgan fingerprint density at radius 1 is 1.19 bits per heavy atom. The Hall–Kier alpha value is -2.38. The first-order valence-corrected chi connectivity index (χ1v) is 9.41. The smallest absolute Gasteiger partial charge is 0.294 e. The number of hydrogen-bond donors (Lipinski definition) is 1. The van der Waals surface area contributed by atoms with Crippen LogP contribution in [0.25, 0.3) is 6.08 Å².